The number of benzene rings is 3. The molecule has 0 saturated carbocycles. The third-order valence-corrected chi connectivity index (χ3v) is 9.29. The van der Waals surface area contributed by atoms with Crippen LogP contribution in [-0.4, -0.2) is 43.3 Å². The van der Waals surface area contributed by atoms with Crippen LogP contribution in [0.25, 0.3) is 0 Å². The van der Waals surface area contributed by atoms with E-state index in [1.165, 1.54) is 23.1 Å². The van der Waals surface area contributed by atoms with Crippen LogP contribution in [0.1, 0.15) is 44.4 Å². The quantitative estimate of drug-likeness (QED) is 0.280. The molecular formula is C30H34Cl3N3O4S. The van der Waals surface area contributed by atoms with Crippen molar-refractivity contribution < 1.29 is 18.0 Å². The van der Waals surface area contributed by atoms with Crippen LogP contribution in [0.2, 0.25) is 15.1 Å². The van der Waals surface area contributed by atoms with Crippen molar-refractivity contribution >= 4 is 62.3 Å². The summed E-state index contributed by atoms with van der Waals surface area (Å²) in [6, 6.07) is 15.1. The number of amides is 2. The smallest absolute Gasteiger partial charge is 0.264 e. The number of rotatable bonds is 9. The zero-order valence-electron chi connectivity index (χ0n) is 23.8. The van der Waals surface area contributed by atoms with Crippen molar-refractivity contribution in [3.05, 3.63) is 92.4 Å². The van der Waals surface area contributed by atoms with Gasteiger partial charge in [0.1, 0.15) is 12.6 Å². The molecule has 0 aliphatic rings. The number of hydrogen-bond acceptors (Lipinski definition) is 4. The molecule has 0 heterocycles. The van der Waals surface area contributed by atoms with Crippen molar-refractivity contribution in [2.24, 2.45) is 0 Å². The highest BCUT2D eigenvalue weighted by atomic mass is 35.5. The molecule has 41 heavy (non-hydrogen) atoms. The molecule has 1 N–H and O–H groups in total. The minimum absolute atomic E-state index is 0.00631. The Bertz CT molecular complexity index is 1520. The second-order valence-corrected chi connectivity index (χ2v) is 14.0. The Hall–Kier alpha value is -2.78. The first-order valence-corrected chi connectivity index (χ1v) is 15.5. The predicted molar refractivity (Wildman–Crippen MR) is 166 cm³/mol. The van der Waals surface area contributed by atoms with Crippen molar-refractivity contribution in [3.8, 4) is 0 Å². The zero-order valence-corrected chi connectivity index (χ0v) is 26.9. The summed E-state index contributed by atoms with van der Waals surface area (Å²) < 4.78 is 28.9. The van der Waals surface area contributed by atoms with Gasteiger partial charge in [0.05, 0.1) is 10.6 Å². The van der Waals surface area contributed by atoms with E-state index >= 15 is 0 Å². The number of carbonyl (C=O) groups excluding carboxylic acids is 2. The van der Waals surface area contributed by atoms with Crippen LogP contribution < -0.4 is 9.62 Å². The second kappa shape index (κ2) is 13.0. The number of anilines is 1. The molecule has 0 aromatic heterocycles. The number of aryl methyl sites for hydroxylation is 2. The molecule has 0 spiro atoms. The van der Waals surface area contributed by atoms with E-state index in [4.69, 9.17) is 34.8 Å². The van der Waals surface area contributed by atoms with Crippen molar-refractivity contribution in [1.82, 2.24) is 10.2 Å². The number of sulfonamides is 1. The standard InChI is InChI=1S/C30H34Cl3N3O4S/c1-19-10-14-23(15-11-19)41(39,40)36(22-13-12-20(2)27(33)16-22)18-28(37)35(21(3)29(38)34-30(4,5)6)17-24-25(31)8-7-9-26(24)32/h7-16,21H,17-18H2,1-6H3,(H,34,38). The molecule has 3 rings (SSSR count). The normalized spacial score (nSPS) is 12.5. The van der Waals surface area contributed by atoms with Crippen molar-refractivity contribution in [2.75, 3.05) is 10.8 Å². The first-order valence-electron chi connectivity index (χ1n) is 12.9. The van der Waals surface area contributed by atoms with E-state index in [2.05, 4.69) is 5.32 Å². The van der Waals surface area contributed by atoms with Crippen LogP contribution in [0.15, 0.2) is 65.6 Å². The van der Waals surface area contributed by atoms with Gasteiger partial charge in [-0.05, 0) is 83.5 Å². The maximum Gasteiger partial charge on any atom is 0.264 e. The summed E-state index contributed by atoms with van der Waals surface area (Å²) in [6.45, 7) is 9.96. The maximum atomic E-state index is 14.1. The third-order valence-electron chi connectivity index (χ3n) is 6.39. The van der Waals surface area contributed by atoms with Crippen molar-refractivity contribution in [3.63, 3.8) is 0 Å². The number of nitrogens with zero attached hydrogens (tertiary/aromatic N) is 2. The molecule has 3 aromatic rings. The van der Waals surface area contributed by atoms with E-state index < -0.39 is 40.0 Å². The highest BCUT2D eigenvalue weighted by molar-refractivity contribution is 7.92. The summed E-state index contributed by atoms with van der Waals surface area (Å²) in [4.78, 5) is 28.6. The molecule has 220 valence electrons. The molecule has 0 fully saturated rings. The number of carbonyl (C=O) groups is 2. The van der Waals surface area contributed by atoms with Crippen molar-refractivity contribution in [2.45, 2.75) is 64.6 Å². The predicted octanol–water partition coefficient (Wildman–Crippen LogP) is 6.79. The monoisotopic (exact) mass is 637 g/mol. The topological polar surface area (TPSA) is 86.8 Å². The Labute approximate surface area is 257 Å². The van der Waals surface area contributed by atoms with Gasteiger partial charge in [-0.15, -0.1) is 0 Å². The van der Waals surface area contributed by atoms with E-state index in [0.717, 1.165) is 15.4 Å². The summed E-state index contributed by atoms with van der Waals surface area (Å²) in [5.74, 6) is -1.05. The largest absolute Gasteiger partial charge is 0.350 e. The van der Waals surface area contributed by atoms with Crippen LogP contribution in [0.5, 0.6) is 0 Å². The molecule has 7 nitrogen and oxygen atoms in total. The van der Waals surface area contributed by atoms with Crippen LogP contribution >= 0.6 is 34.8 Å². The lowest BCUT2D eigenvalue weighted by Crippen LogP contribution is -2.54. The Kier molecular flexibility index (Phi) is 10.4. The second-order valence-electron chi connectivity index (χ2n) is 10.9. The summed E-state index contributed by atoms with van der Waals surface area (Å²) in [5, 5.41) is 3.85. The lowest BCUT2D eigenvalue weighted by Gasteiger charge is -2.34. The first kappa shape index (κ1) is 32.7. The average molecular weight is 639 g/mol. The molecule has 1 atom stereocenters. The van der Waals surface area contributed by atoms with E-state index in [0.29, 0.717) is 20.6 Å². The van der Waals surface area contributed by atoms with Crippen LogP contribution in [0, 0.1) is 13.8 Å². The highest BCUT2D eigenvalue weighted by Crippen LogP contribution is 2.30. The zero-order chi connectivity index (χ0) is 30.7. The first-order chi connectivity index (χ1) is 19.0. The van der Waals surface area contributed by atoms with Crippen molar-refractivity contribution in [1.29, 1.82) is 0 Å². The summed E-state index contributed by atoms with van der Waals surface area (Å²) in [6.07, 6.45) is 0. The van der Waals surface area contributed by atoms with Gasteiger partial charge in [0, 0.05) is 32.7 Å². The van der Waals surface area contributed by atoms with Gasteiger partial charge in [-0.3, -0.25) is 13.9 Å². The Morgan fingerprint density at radius 3 is 2.02 bits per heavy atom. The van der Waals surface area contributed by atoms with E-state index in [9.17, 15) is 18.0 Å². The molecular weight excluding hydrogens is 605 g/mol. The van der Waals surface area contributed by atoms with Gasteiger partial charge in [0.25, 0.3) is 10.0 Å². The van der Waals surface area contributed by atoms with Gasteiger partial charge in [-0.2, -0.15) is 0 Å². The average Bonchev–Trinajstić information content (AvgIpc) is 2.87. The molecule has 0 bridgehead atoms. The maximum absolute atomic E-state index is 14.1. The van der Waals surface area contributed by atoms with Crippen LogP contribution in [0.4, 0.5) is 5.69 Å². The molecule has 3 aromatic carbocycles. The SMILES string of the molecule is Cc1ccc(S(=O)(=O)N(CC(=O)N(Cc2c(Cl)cccc2Cl)C(C)C(=O)NC(C)(C)C)c2ccc(C)c(Cl)c2)cc1. The fraction of sp³-hybridized carbons (Fsp3) is 0.333. The molecule has 0 saturated heterocycles. The fourth-order valence-electron chi connectivity index (χ4n) is 4.01. The van der Waals surface area contributed by atoms with E-state index in [1.807, 2.05) is 27.7 Å². The number of hydrogen-bond donors (Lipinski definition) is 1. The molecule has 11 heteroatoms. The summed E-state index contributed by atoms with van der Waals surface area (Å²) in [5.41, 5.74) is 1.70. The van der Waals surface area contributed by atoms with Gasteiger partial charge >= 0.3 is 0 Å². The Morgan fingerprint density at radius 2 is 1.49 bits per heavy atom. The third kappa shape index (κ3) is 8.16. The minimum Gasteiger partial charge on any atom is -0.350 e. The van der Waals surface area contributed by atoms with Gasteiger partial charge < -0.3 is 10.2 Å². The minimum atomic E-state index is -4.22. The van der Waals surface area contributed by atoms with Gasteiger partial charge in [-0.25, -0.2) is 8.42 Å². The van der Waals surface area contributed by atoms with Crippen LogP contribution in [-0.2, 0) is 26.2 Å². The molecule has 0 aliphatic carbocycles. The molecule has 0 radical (unpaired) electrons. The highest BCUT2D eigenvalue weighted by Gasteiger charge is 2.34. The number of halogens is 3. The van der Waals surface area contributed by atoms with Gasteiger partial charge in [-0.1, -0.05) is 64.6 Å². The number of nitrogens with one attached hydrogen (secondary N) is 1. The lowest BCUT2D eigenvalue weighted by molar-refractivity contribution is -0.140. The molecule has 2 amide bonds. The summed E-state index contributed by atoms with van der Waals surface area (Å²) >= 11 is 19.2. The Balaban J connectivity index is 2.10. The Morgan fingerprint density at radius 1 is 0.902 bits per heavy atom. The van der Waals surface area contributed by atoms with E-state index in [1.54, 1.807) is 56.3 Å². The van der Waals surface area contributed by atoms with Crippen LogP contribution in [0.3, 0.4) is 0 Å². The van der Waals surface area contributed by atoms with E-state index in [-0.39, 0.29) is 17.1 Å². The lowest BCUT2D eigenvalue weighted by atomic mass is 10.1. The summed E-state index contributed by atoms with van der Waals surface area (Å²) in [7, 11) is -4.22. The molecule has 0 aliphatic heterocycles. The van der Waals surface area contributed by atoms with Gasteiger partial charge in [0.2, 0.25) is 11.8 Å². The molecule has 1 unspecified atom stereocenters. The fourth-order valence-corrected chi connectivity index (χ4v) is 6.11. The van der Waals surface area contributed by atoms with Gasteiger partial charge in [0.15, 0.2) is 0 Å².